The lowest BCUT2D eigenvalue weighted by Gasteiger charge is -2.44. The molecule has 17 heavy (non-hydrogen) atoms. The van der Waals surface area contributed by atoms with Gasteiger partial charge in [-0.3, -0.25) is 0 Å². The molecular weight excluding hydrogens is 216 g/mol. The van der Waals surface area contributed by atoms with Crippen molar-refractivity contribution in [1.29, 1.82) is 0 Å². The summed E-state index contributed by atoms with van der Waals surface area (Å²) < 4.78 is 10.9. The van der Waals surface area contributed by atoms with Crippen LogP contribution < -0.4 is 4.74 Å². The van der Waals surface area contributed by atoms with Gasteiger partial charge in [0, 0.05) is 7.11 Å². The Kier molecular flexibility index (Phi) is 3.69. The third kappa shape index (κ3) is 2.31. The molecule has 1 aliphatic carbocycles. The largest absolute Gasteiger partial charge is 0.494 e. The van der Waals surface area contributed by atoms with Crippen molar-refractivity contribution in [2.24, 2.45) is 0 Å². The Balaban J connectivity index is 2.18. The predicted molar refractivity (Wildman–Crippen MR) is 66.2 cm³/mol. The summed E-state index contributed by atoms with van der Waals surface area (Å²) >= 11 is 0. The minimum atomic E-state index is -0.568. The fourth-order valence-electron chi connectivity index (χ4n) is 2.36. The Morgan fingerprint density at radius 3 is 2.71 bits per heavy atom. The van der Waals surface area contributed by atoms with Crippen LogP contribution in [-0.2, 0) is 4.74 Å². The van der Waals surface area contributed by atoms with Gasteiger partial charge in [-0.2, -0.15) is 0 Å². The van der Waals surface area contributed by atoms with Gasteiger partial charge in [0.2, 0.25) is 0 Å². The first-order valence-corrected chi connectivity index (χ1v) is 6.18. The van der Waals surface area contributed by atoms with Crippen LogP contribution in [0.2, 0.25) is 0 Å². The highest BCUT2D eigenvalue weighted by atomic mass is 16.5. The van der Waals surface area contributed by atoms with E-state index in [4.69, 9.17) is 9.47 Å². The third-order valence-corrected chi connectivity index (χ3v) is 3.59. The number of hydrogen-bond acceptors (Lipinski definition) is 3. The zero-order valence-electron chi connectivity index (χ0n) is 10.5. The molecule has 0 spiro atoms. The molecule has 0 amide bonds. The van der Waals surface area contributed by atoms with E-state index >= 15 is 0 Å². The van der Waals surface area contributed by atoms with Gasteiger partial charge in [0.1, 0.15) is 11.9 Å². The second-order valence-corrected chi connectivity index (χ2v) is 4.53. The molecule has 0 aromatic heterocycles. The van der Waals surface area contributed by atoms with Crippen LogP contribution in [0.1, 0.15) is 37.9 Å². The molecule has 1 aliphatic rings. The lowest BCUT2D eigenvalue weighted by atomic mass is 9.73. The minimum absolute atomic E-state index is 0.384. The zero-order valence-corrected chi connectivity index (χ0v) is 10.5. The van der Waals surface area contributed by atoms with Crippen LogP contribution in [0.5, 0.6) is 5.75 Å². The second kappa shape index (κ2) is 5.07. The average Bonchev–Trinajstić information content (AvgIpc) is 2.29. The number of rotatable bonds is 5. The van der Waals surface area contributed by atoms with Crippen LogP contribution in [0.15, 0.2) is 24.3 Å². The minimum Gasteiger partial charge on any atom is -0.494 e. The third-order valence-electron chi connectivity index (χ3n) is 3.59. The van der Waals surface area contributed by atoms with Gasteiger partial charge in [-0.25, -0.2) is 0 Å². The maximum atomic E-state index is 10.4. The first kappa shape index (κ1) is 12.4. The molecule has 0 saturated heterocycles. The van der Waals surface area contributed by atoms with Crippen molar-refractivity contribution in [3.05, 3.63) is 29.8 Å². The van der Waals surface area contributed by atoms with E-state index < -0.39 is 6.10 Å². The van der Waals surface area contributed by atoms with Crippen LogP contribution in [0.25, 0.3) is 0 Å². The zero-order chi connectivity index (χ0) is 12.3. The lowest BCUT2D eigenvalue weighted by molar-refractivity contribution is -0.151. The van der Waals surface area contributed by atoms with Crippen LogP contribution in [0.3, 0.4) is 0 Å². The Labute approximate surface area is 102 Å². The van der Waals surface area contributed by atoms with Crippen molar-refractivity contribution < 1.29 is 14.6 Å². The summed E-state index contributed by atoms with van der Waals surface area (Å²) in [5, 5.41) is 10.4. The van der Waals surface area contributed by atoms with E-state index in [0.717, 1.165) is 30.6 Å². The van der Waals surface area contributed by atoms with E-state index in [1.807, 2.05) is 31.2 Å². The van der Waals surface area contributed by atoms with Gasteiger partial charge < -0.3 is 14.6 Å². The van der Waals surface area contributed by atoms with Gasteiger partial charge in [0.15, 0.2) is 0 Å². The molecule has 0 bridgehead atoms. The summed E-state index contributed by atoms with van der Waals surface area (Å²) in [6.45, 7) is 2.58. The molecule has 1 saturated carbocycles. The molecule has 2 rings (SSSR count). The molecule has 0 radical (unpaired) electrons. The van der Waals surface area contributed by atoms with Crippen molar-refractivity contribution in [2.75, 3.05) is 13.7 Å². The number of benzene rings is 1. The highest BCUT2D eigenvalue weighted by Crippen LogP contribution is 2.45. The van der Waals surface area contributed by atoms with Crippen molar-refractivity contribution >= 4 is 0 Å². The Morgan fingerprint density at radius 1 is 1.41 bits per heavy atom. The van der Waals surface area contributed by atoms with Gasteiger partial charge >= 0.3 is 0 Å². The number of aliphatic hydroxyl groups is 1. The number of aliphatic hydroxyl groups excluding tert-OH is 1. The summed E-state index contributed by atoms with van der Waals surface area (Å²) in [5.74, 6) is 0.801. The fourth-order valence-corrected chi connectivity index (χ4v) is 2.36. The fraction of sp³-hybridized carbons (Fsp3) is 0.571. The summed E-state index contributed by atoms with van der Waals surface area (Å²) in [5.41, 5.74) is 0.489. The van der Waals surface area contributed by atoms with E-state index in [9.17, 15) is 5.11 Å². The van der Waals surface area contributed by atoms with E-state index in [2.05, 4.69) is 0 Å². The molecule has 1 aromatic carbocycles. The monoisotopic (exact) mass is 236 g/mol. The van der Waals surface area contributed by atoms with Gasteiger partial charge in [-0.05, 0) is 43.9 Å². The number of ether oxygens (including phenoxy) is 2. The summed E-state index contributed by atoms with van der Waals surface area (Å²) in [6.07, 6.45) is 2.39. The summed E-state index contributed by atoms with van der Waals surface area (Å²) in [4.78, 5) is 0. The molecule has 3 nitrogen and oxygen atoms in total. The Bertz CT molecular complexity index is 366. The maximum Gasteiger partial charge on any atom is 0.119 e. The number of methoxy groups -OCH3 is 1. The smallest absolute Gasteiger partial charge is 0.119 e. The van der Waals surface area contributed by atoms with Crippen molar-refractivity contribution in [1.82, 2.24) is 0 Å². The van der Waals surface area contributed by atoms with E-state index in [-0.39, 0.29) is 5.60 Å². The molecule has 1 fully saturated rings. The molecule has 1 aromatic rings. The maximum absolute atomic E-state index is 10.4. The van der Waals surface area contributed by atoms with Crippen LogP contribution >= 0.6 is 0 Å². The van der Waals surface area contributed by atoms with Gasteiger partial charge in [0.25, 0.3) is 0 Å². The summed E-state index contributed by atoms with van der Waals surface area (Å²) in [7, 11) is 1.68. The van der Waals surface area contributed by atoms with Crippen LogP contribution in [0, 0.1) is 0 Å². The molecule has 1 atom stereocenters. The van der Waals surface area contributed by atoms with Gasteiger partial charge in [-0.1, -0.05) is 12.1 Å². The highest BCUT2D eigenvalue weighted by Gasteiger charge is 2.44. The van der Waals surface area contributed by atoms with E-state index in [1.54, 1.807) is 7.11 Å². The first-order chi connectivity index (χ1) is 8.22. The molecule has 94 valence electrons. The second-order valence-electron chi connectivity index (χ2n) is 4.53. The van der Waals surface area contributed by atoms with Crippen LogP contribution in [0.4, 0.5) is 0 Å². The van der Waals surface area contributed by atoms with E-state index in [0.29, 0.717) is 6.61 Å². The normalized spacial score (nSPS) is 19.5. The molecule has 0 heterocycles. The Hall–Kier alpha value is -1.06. The standard InChI is InChI=1S/C14H20O3/c1-3-17-12-7-4-6-11(10-12)13(15)14(16-2)8-5-9-14/h4,6-7,10,13,15H,3,5,8-9H2,1-2H3. The van der Waals surface area contributed by atoms with Crippen molar-refractivity contribution in [3.63, 3.8) is 0 Å². The van der Waals surface area contributed by atoms with Gasteiger partial charge in [0.05, 0.1) is 12.2 Å². The molecule has 1 N–H and O–H groups in total. The average molecular weight is 236 g/mol. The highest BCUT2D eigenvalue weighted by molar-refractivity contribution is 5.31. The van der Waals surface area contributed by atoms with Crippen molar-refractivity contribution in [2.45, 2.75) is 37.9 Å². The topological polar surface area (TPSA) is 38.7 Å². The lowest BCUT2D eigenvalue weighted by Crippen LogP contribution is -2.45. The molecule has 3 heteroatoms. The number of hydrogen-bond donors (Lipinski definition) is 1. The van der Waals surface area contributed by atoms with Crippen LogP contribution in [-0.4, -0.2) is 24.4 Å². The van der Waals surface area contributed by atoms with Gasteiger partial charge in [-0.15, -0.1) is 0 Å². The van der Waals surface area contributed by atoms with E-state index in [1.165, 1.54) is 0 Å². The molecule has 0 aliphatic heterocycles. The first-order valence-electron chi connectivity index (χ1n) is 6.18. The predicted octanol–water partition coefficient (Wildman–Crippen LogP) is 2.69. The SMILES string of the molecule is CCOc1cccc(C(O)C2(OC)CCC2)c1. The molecular formula is C14H20O3. The summed E-state index contributed by atoms with van der Waals surface area (Å²) in [6, 6.07) is 7.63. The quantitative estimate of drug-likeness (QED) is 0.854. The Morgan fingerprint density at radius 2 is 2.18 bits per heavy atom. The van der Waals surface area contributed by atoms with Crippen molar-refractivity contribution in [3.8, 4) is 5.75 Å². The molecule has 1 unspecified atom stereocenters.